The Kier molecular flexibility index (Phi) is 4.66. The molecule has 4 aromatic rings. The zero-order valence-corrected chi connectivity index (χ0v) is 18.2. The molecule has 1 amide bonds. The van der Waals surface area contributed by atoms with E-state index in [9.17, 15) is 13.2 Å². The van der Waals surface area contributed by atoms with Gasteiger partial charge in [-0.05, 0) is 43.3 Å². The van der Waals surface area contributed by atoms with E-state index in [1.54, 1.807) is 29.3 Å². The molecule has 0 fully saturated rings. The first kappa shape index (κ1) is 20.1. The lowest BCUT2D eigenvalue weighted by atomic mass is 10.1. The van der Waals surface area contributed by atoms with Crippen molar-refractivity contribution >= 4 is 27.2 Å². The topological polar surface area (TPSA) is 107 Å². The molecule has 4 aromatic heterocycles. The van der Waals surface area contributed by atoms with Crippen LogP contribution in [0.2, 0.25) is 0 Å². The molecule has 32 heavy (non-hydrogen) atoms. The van der Waals surface area contributed by atoms with Crippen LogP contribution in [-0.4, -0.2) is 46.5 Å². The van der Waals surface area contributed by atoms with Crippen molar-refractivity contribution in [2.24, 2.45) is 0 Å². The van der Waals surface area contributed by atoms with Crippen molar-refractivity contribution in [3.8, 4) is 16.9 Å². The van der Waals surface area contributed by atoms with E-state index < -0.39 is 9.84 Å². The monoisotopic (exact) mass is 449 g/mol. The third kappa shape index (κ3) is 3.48. The number of fused-ring (bicyclic) bond motifs is 2. The van der Waals surface area contributed by atoms with Gasteiger partial charge in [-0.1, -0.05) is 0 Å². The number of carbonyl (C=O) groups excluding carboxylic acids is 1. The maximum absolute atomic E-state index is 12.6. The summed E-state index contributed by atoms with van der Waals surface area (Å²) < 4.78 is 30.8. The van der Waals surface area contributed by atoms with Gasteiger partial charge in [-0.3, -0.25) is 9.69 Å². The number of hydrogen-bond donors (Lipinski definition) is 0. The predicted octanol–water partition coefficient (Wildman–Crippen LogP) is 2.43. The summed E-state index contributed by atoms with van der Waals surface area (Å²) in [5.41, 5.74) is 3.99. The van der Waals surface area contributed by atoms with Gasteiger partial charge in [0.2, 0.25) is 0 Å². The summed E-state index contributed by atoms with van der Waals surface area (Å²) >= 11 is 0. The summed E-state index contributed by atoms with van der Waals surface area (Å²) in [7, 11) is -3.37. The van der Waals surface area contributed by atoms with Gasteiger partial charge in [0.05, 0.1) is 17.9 Å². The Hall–Kier alpha value is -3.79. The van der Waals surface area contributed by atoms with Crippen LogP contribution < -0.4 is 9.64 Å². The lowest BCUT2D eigenvalue weighted by Gasteiger charge is -2.28. The molecule has 0 saturated carbocycles. The SMILES string of the molecule is Cc1nc2ccc(-c3ccc(S(C)(=O)=O)nc3)cn2c1CN1C(=O)COc2cccnc21. The number of imidazole rings is 1. The highest BCUT2D eigenvalue weighted by atomic mass is 32.2. The average Bonchev–Trinajstić information content (AvgIpc) is 3.09. The van der Waals surface area contributed by atoms with Crippen molar-refractivity contribution in [3.63, 3.8) is 0 Å². The molecule has 162 valence electrons. The second kappa shape index (κ2) is 7.41. The summed E-state index contributed by atoms with van der Waals surface area (Å²) in [5, 5.41) is 0.0264. The number of ether oxygens (including phenoxy) is 1. The average molecular weight is 449 g/mol. The Bertz CT molecular complexity index is 1460. The highest BCUT2D eigenvalue weighted by molar-refractivity contribution is 7.90. The summed E-state index contributed by atoms with van der Waals surface area (Å²) in [5.74, 6) is 0.869. The molecule has 9 nitrogen and oxygen atoms in total. The van der Waals surface area contributed by atoms with Crippen molar-refractivity contribution in [2.75, 3.05) is 17.8 Å². The Morgan fingerprint density at radius 1 is 1.09 bits per heavy atom. The van der Waals surface area contributed by atoms with Crippen LogP contribution in [0, 0.1) is 6.92 Å². The van der Waals surface area contributed by atoms with E-state index in [0.29, 0.717) is 11.6 Å². The summed E-state index contributed by atoms with van der Waals surface area (Å²) in [6.07, 6.45) is 6.20. The molecule has 1 aliphatic heterocycles. The van der Waals surface area contributed by atoms with Gasteiger partial charge in [-0.15, -0.1) is 0 Å². The second-order valence-electron chi connectivity index (χ2n) is 7.54. The first-order chi connectivity index (χ1) is 15.3. The molecule has 0 aromatic carbocycles. The minimum absolute atomic E-state index is 0.0264. The molecule has 0 N–H and O–H groups in total. The molecular weight excluding hydrogens is 430 g/mol. The van der Waals surface area contributed by atoms with E-state index in [1.165, 1.54) is 12.3 Å². The Morgan fingerprint density at radius 3 is 2.66 bits per heavy atom. The van der Waals surface area contributed by atoms with Crippen molar-refractivity contribution in [3.05, 3.63) is 66.4 Å². The van der Waals surface area contributed by atoms with Crippen LogP contribution in [0.15, 0.2) is 60.0 Å². The van der Waals surface area contributed by atoms with Gasteiger partial charge in [0.25, 0.3) is 5.91 Å². The normalized spacial score (nSPS) is 13.8. The largest absolute Gasteiger partial charge is 0.480 e. The lowest BCUT2D eigenvalue weighted by molar-refractivity contribution is -0.121. The zero-order valence-electron chi connectivity index (χ0n) is 17.4. The summed E-state index contributed by atoms with van der Waals surface area (Å²) in [6.45, 7) is 2.14. The fourth-order valence-electron chi connectivity index (χ4n) is 3.69. The van der Waals surface area contributed by atoms with Gasteiger partial charge in [-0.2, -0.15) is 0 Å². The smallest absolute Gasteiger partial charge is 0.266 e. The molecule has 0 spiro atoms. The molecular formula is C22H19N5O4S. The number of pyridine rings is 3. The van der Waals surface area contributed by atoms with Crippen LogP contribution in [0.4, 0.5) is 5.82 Å². The van der Waals surface area contributed by atoms with E-state index >= 15 is 0 Å². The van der Waals surface area contributed by atoms with Gasteiger partial charge in [0.1, 0.15) is 5.65 Å². The highest BCUT2D eigenvalue weighted by Crippen LogP contribution is 2.31. The van der Waals surface area contributed by atoms with Crippen molar-refractivity contribution in [1.82, 2.24) is 19.4 Å². The second-order valence-corrected chi connectivity index (χ2v) is 9.50. The third-order valence-corrected chi connectivity index (χ3v) is 6.34. The number of aryl methyl sites for hydroxylation is 1. The molecule has 1 aliphatic rings. The quantitative estimate of drug-likeness (QED) is 0.471. The minimum Gasteiger partial charge on any atom is -0.480 e. The van der Waals surface area contributed by atoms with Gasteiger partial charge in [0, 0.05) is 36.0 Å². The number of nitrogens with zero attached hydrogens (tertiary/aromatic N) is 5. The number of hydrogen-bond acceptors (Lipinski definition) is 7. The van der Waals surface area contributed by atoms with Crippen molar-refractivity contribution in [1.29, 1.82) is 0 Å². The molecule has 0 saturated heterocycles. The summed E-state index contributed by atoms with van der Waals surface area (Å²) in [6, 6.07) is 10.5. The van der Waals surface area contributed by atoms with E-state index in [2.05, 4.69) is 15.0 Å². The molecule has 10 heteroatoms. The molecule has 0 atom stereocenters. The highest BCUT2D eigenvalue weighted by Gasteiger charge is 2.28. The van der Waals surface area contributed by atoms with Crippen LogP contribution in [-0.2, 0) is 21.2 Å². The van der Waals surface area contributed by atoms with Gasteiger partial charge in [0.15, 0.2) is 33.0 Å². The molecule has 5 heterocycles. The first-order valence-electron chi connectivity index (χ1n) is 9.83. The number of aromatic nitrogens is 4. The Labute approximate surface area is 184 Å². The molecule has 0 bridgehead atoms. The number of anilines is 1. The predicted molar refractivity (Wildman–Crippen MR) is 117 cm³/mol. The Morgan fingerprint density at radius 2 is 1.91 bits per heavy atom. The van der Waals surface area contributed by atoms with E-state index in [1.807, 2.05) is 29.7 Å². The standard InChI is InChI=1S/C22H19N5O4S/c1-14-17(12-27-21(28)13-31-18-4-3-9-23-22(18)27)26-11-16(5-7-19(26)25-14)15-6-8-20(24-10-15)32(2,29)30/h3-11H,12-13H2,1-2H3. The molecule has 0 aliphatic carbocycles. The third-order valence-electron chi connectivity index (χ3n) is 5.33. The molecule has 5 rings (SSSR count). The number of sulfone groups is 1. The van der Waals surface area contributed by atoms with E-state index in [-0.39, 0.29) is 24.1 Å². The van der Waals surface area contributed by atoms with Crippen molar-refractivity contribution in [2.45, 2.75) is 18.5 Å². The van der Waals surface area contributed by atoms with Gasteiger partial charge < -0.3 is 9.14 Å². The molecule has 0 radical (unpaired) electrons. The van der Waals surface area contributed by atoms with Crippen LogP contribution in [0.5, 0.6) is 5.75 Å². The minimum atomic E-state index is -3.37. The molecule has 0 unspecified atom stereocenters. The van der Waals surface area contributed by atoms with Crippen LogP contribution in [0.25, 0.3) is 16.8 Å². The number of amides is 1. The summed E-state index contributed by atoms with van der Waals surface area (Å²) in [4.78, 5) is 27.2. The van der Waals surface area contributed by atoms with Crippen LogP contribution in [0.3, 0.4) is 0 Å². The number of carbonyl (C=O) groups is 1. The van der Waals surface area contributed by atoms with Crippen LogP contribution in [0.1, 0.15) is 11.4 Å². The first-order valence-corrected chi connectivity index (χ1v) is 11.7. The Balaban J connectivity index is 1.55. The van der Waals surface area contributed by atoms with Gasteiger partial charge in [-0.25, -0.2) is 23.4 Å². The van der Waals surface area contributed by atoms with E-state index in [4.69, 9.17) is 4.74 Å². The van der Waals surface area contributed by atoms with E-state index in [0.717, 1.165) is 34.4 Å². The fourth-order valence-corrected chi connectivity index (χ4v) is 4.25. The fraction of sp³-hybridized carbons (Fsp3) is 0.182. The number of rotatable bonds is 4. The maximum Gasteiger partial charge on any atom is 0.266 e. The van der Waals surface area contributed by atoms with Crippen molar-refractivity contribution < 1.29 is 17.9 Å². The van der Waals surface area contributed by atoms with Gasteiger partial charge >= 0.3 is 0 Å². The lowest BCUT2D eigenvalue weighted by Crippen LogP contribution is -2.39. The van der Waals surface area contributed by atoms with Crippen LogP contribution >= 0.6 is 0 Å². The zero-order chi connectivity index (χ0) is 22.5. The maximum atomic E-state index is 12.6.